The Morgan fingerprint density at radius 3 is 0.763 bits per heavy atom. The highest BCUT2D eigenvalue weighted by molar-refractivity contribution is 7.47. The lowest BCUT2D eigenvalue weighted by Crippen LogP contribution is -2.30. The summed E-state index contributed by atoms with van der Waals surface area (Å²) in [5.74, 6) is -1.32. The fourth-order valence-electron chi connectivity index (χ4n) is 11.3. The van der Waals surface area contributed by atoms with Gasteiger partial charge in [0.25, 0.3) is 0 Å². The summed E-state index contributed by atoms with van der Waals surface area (Å²) in [5, 5.41) is 10.6. The summed E-state index contributed by atoms with van der Waals surface area (Å²) >= 11 is 0. The molecule has 0 spiro atoms. The number of carbonyl (C=O) groups is 4. The molecular weight excluding hydrogens is 1220 g/mol. The van der Waals surface area contributed by atoms with Gasteiger partial charge in [-0.2, -0.15) is 0 Å². The third-order valence-corrected chi connectivity index (χ3v) is 19.5. The van der Waals surface area contributed by atoms with Gasteiger partial charge in [0, 0.05) is 25.7 Å². The molecule has 3 unspecified atom stereocenters. The maximum atomic E-state index is 13.1. The summed E-state index contributed by atoms with van der Waals surface area (Å²) in [5.41, 5.74) is 0. The third-order valence-electron chi connectivity index (χ3n) is 17.6. The quantitative estimate of drug-likeness (QED) is 0.0222. The maximum absolute atomic E-state index is 13.1. The molecule has 3 N–H and O–H groups in total. The average molecular weight is 1370 g/mol. The molecule has 0 heterocycles. The largest absolute Gasteiger partial charge is 0.472 e. The summed E-state index contributed by atoms with van der Waals surface area (Å²) in [6.45, 7) is 7.27. The molecule has 0 aromatic heterocycles. The minimum atomic E-state index is -4.95. The number of rotatable bonds is 74. The topological polar surface area (TPSA) is 237 Å². The SMILES string of the molecule is CCCCCCCCCCCCCCCCCCC(=O)OC[C@H](COP(=O)(O)OC[C@@H](O)COP(=O)(O)OC[C@@H](COC(=O)CCCCCCCCC)OC(=O)CCCCCCCCCCCCC(C)CC)OC(=O)CCCCCCCCCCCCCCCCCC. The lowest BCUT2D eigenvalue weighted by molar-refractivity contribution is -0.161. The van der Waals surface area contributed by atoms with Gasteiger partial charge in [0.2, 0.25) is 0 Å². The summed E-state index contributed by atoms with van der Waals surface area (Å²) in [6, 6.07) is 0. The Labute approximate surface area is 568 Å². The van der Waals surface area contributed by atoms with Crippen LogP contribution < -0.4 is 0 Å². The number of esters is 4. The second-order valence-electron chi connectivity index (χ2n) is 26.9. The Bertz CT molecular complexity index is 1790. The van der Waals surface area contributed by atoms with E-state index < -0.39 is 97.5 Å². The molecule has 17 nitrogen and oxygen atoms in total. The van der Waals surface area contributed by atoms with E-state index in [1.807, 2.05) is 0 Å². The van der Waals surface area contributed by atoms with Crippen molar-refractivity contribution in [2.75, 3.05) is 39.6 Å². The Kier molecular flexibility index (Phi) is 65.9. The number of hydrogen-bond acceptors (Lipinski definition) is 15. The first kappa shape index (κ1) is 91.1. The first-order valence-electron chi connectivity index (χ1n) is 38.7. The van der Waals surface area contributed by atoms with Crippen molar-refractivity contribution in [2.24, 2.45) is 5.92 Å². The van der Waals surface area contributed by atoms with Crippen LogP contribution in [0, 0.1) is 5.92 Å². The number of hydrogen-bond donors (Lipinski definition) is 3. The van der Waals surface area contributed by atoms with Gasteiger partial charge in [-0.3, -0.25) is 37.3 Å². The first-order valence-corrected chi connectivity index (χ1v) is 41.7. The molecule has 0 saturated heterocycles. The highest BCUT2D eigenvalue weighted by Gasteiger charge is 2.30. The molecule has 0 saturated carbocycles. The molecular formula is C74H144O17P2. The monoisotopic (exact) mass is 1370 g/mol. The van der Waals surface area contributed by atoms with Gasteiger partial charge in [0.1, 0.15) is 19.3 Å². The Morgan fingerprint density at radius 2 is 0.516 bits per heavy atom. The van der Waals surface area contributed by atoms with Crippen molar-refractivity contribution in [2.45, 2.75) is 406 Å². The molecule has 0 aromatic rings. The van der Waals surface area contributed by atoms with Crippen molar-refractivity contribution in [3.63, 3.8) is 0 Å². The smallest absolute Gasteiger partial charge is 0.462 e. The molecule has 0 amide bonds. The molecule has 0 aromatic carbocycles. The molecule has 552 valence electrons. The Morgan fingerprint density at radius 1 is 0.301 bits per heavy atom. The van der Waals surface area contributed by atoms with E-state index in [9.17, 15) is 43.2 Å². The van der Waals surface area contributed by atoms with Crippen LogP contribution in [0.25, 0.3) is 0 Å². The predicted octanol–water partition coefficient (Wildman–Crippen LogP) is 21.7. The third kappa shape index (κ3) is 67.0. The van der Waals surface area contributed by atoms with Crippen molar-refractivity contribution < 1.29 is 80.2 Å². The lowest BCUT2D eigenvalue weighted by atomic mass is 9.99. The highest BCUT2D eigenvalue weighted by atomic mass is 31.2. The second kappa shape index (κ2) is 67.3. The minimum absolute atomic E-state index is 0.106. The molecule has 93 heavy (non-hydrogen) atoms. The van der Waals surface area contributed by atoms with Crippen LogP contribution in [0.3, 0.4) is 0 Å². The van der Waals surface area contributed by atoms with E-state index >= 15 is 0 Å². The van der Waals surface area contributed by atoms with Gasteiger partial charge in [-0.25, -0.2) is 9.13 Å². The molecule has 0 aliphatic carbocycles. The van der Waals surface area contributed by atoms with Crippen LogP contribution in [0.1, 0.15) is 388 Å². The van der Waals surface area contributed by atoms with Gasteiger partial charge in [0.05, 0.1) is 26.4 Å². The molecule has 6 atom stereocenters. The Hall–Kier alpha value is -1.94. The maximum Gasteiger partial charge on any atom is 0.472 e. The van der Waals surface area contributed by atoms with E-state index in [1.165, 1.54) is 199 Å². The fourth-order valence-corrected chi connectivity index (χ4v) is 12.9. The number of aliphatic hydroxyl groups excluding tert-OH is 1. The highest BCUT2D eigenvalue weighted by Crippen LogP contribution is 2.45. The summed E-state index contributed by atoms with van der Waals surface area (Å²) in [6.07, 6.45) is 55.5. The van der Waals surface area contributed by atoms with Crippen molar-refractivity contribution >= 4 is 39.5 Å². The number of unbranched alkanes of at least 4 members (excludes halogenated alkanes) is 45. The number of phosphoric acid groups is 2. The van der Waals surface area contributed by atoms with Crippen LogP contribution in [0.5, 0.6) is 0 Å². The molecule has 0 radical (unpaired) electrons. The zero-order valence-electron chi connectivity index (χ0n) is 60.4. The van der Waals surface area contributed by atoms with Gasteiger partial charge in [0.15, 0.2) is 12.2 Å². The number of aliphatic hydroxyl groups is 1. The van der Waals surface area contributed by atoms with E-state index in [-0.39, 0.29) is 25.7 Å². The van der Waals surface area contributed by atoms with Gasteiger partial charge in [-0.1, -0.05) is 336 Å². The van der Waals surface area contributed by atoms with Gasteiger partial charge in [-0.05, 0) is 31.6 Å². The van der Waals surface area contributed by atoms with Crippen LogP contribution in [-0.4, -0.2) is 96.7 Å². The van der Waals surface area contributed by atoms with Crippen LogP contribution in [0.4, 0.5) is 0 Å². The average Bonchev–Trinajstić information content (AvgIpc) is 3.01. The van der Waals surface area contributed by atoms with Crippen molar-refractivity contribution in [3.05, 3.63) is 0 Å². The minimum Gasteiger partial charge on any atom is -0.462 e. The van der Waals surface area contributed by atoms with Crippen LogP contribution >= 0.6 is 15.6 Å². The van der Waals surface area contributed by atoms with Crippen molar-refractivity contribution in [1.29, 1.82) is 0 Å². The molecule has 19 heteroatoms. The number of carbonyl (C=O) groups excluding carboxylic acids is 4. The van der Waals surface area contributed by atoms with Crippen LogP contribution in [0.15, 0.2) is 0 Å². The van der Waals surface area contributed by atoms with E-state index in [1.54, 1.807) is 0 Å². The number of ether oxygens (including phenoxy) is 4. The summed E-state index contributed by atoms with van der Waals surface area (Å²) < 4.78 is 68.4. The summed E-state index contributed by atoms with van der Waals surface area (Å²) in [7, 11) is -9.90. The molecule has 0 aliphatic heterocycles. The zero-order chi connectivity index (χ0) is 68.4. The second-order valence-corrected chi connectivity index (χ2v) is 29.8. The zero-order valence-corrected chi connectivity index (χ0v) is 62.2. The first-order chi connectivity index (χ1) is 45.1. The molecule has 0 bridgehead atoms. The van der Waals surface area contributed by atoms with Gasteiger partial charge >= 0.3 is 39.5 Å². The van der Waals surface area contributed by atoms with Gasteiger partial charge in [-0.15, -0.1) is 0 Å². The standard InChI is InChI=1S/C74H144O17P2/c1-6-10-13-16-19-21-23-25-27-29-31-33-38-43-48-53-58-72(77)85-64-70(91-73(78)59-54-49-44-39-34-32-30-28-26-24-22-20-17-14-11-7-2)66-89-93(82,83)87-62-68(75)61-86-92(80,81)88-65-69(63-84-71(76)57-52-47-41-18-15-12-8-3)90-74(79)60-55-50-45-40-36-35-37-42-46-51-56-67(5)9-4/h67-70,75H,6-66H2,1-5H3,(H,80,81)(H,82,83)/t67?,68-,69+,70+/m0/s1. The van der Waals surface area contributed by atoms with Crippen molar-refractivity contribution in [3.8, 4) is 0 Å². The summed E-state index contributed by atoms with van der Waals surface area (Å²) in [4.78, 5) is 72.6. The van der Waals surface area contributed by atoms with Crippen molar-refractivity contribution in [1.82, 2.24) is 0 Å². The Balaban J connectivity index is 5.20. The van der Waals surface area contributed by atoms with E-state index in [0.717, 1.165) is 109 Å². The van der Waals surface area contributed by atoms with E-state index in [4.69, 9.17) is 37.0 Å². The van der Waals surface area contributed by atoms with E-state index in [0.29, 0.717) is 25.7 Å². The number of phosphoric ester groups is 2. The fraction of sp³-hybridized carbons (Fsp3) is 0.946. The normalized spacial score (nSPS) is 14.3. The van der Waals surface area contributed by atoms with Gasteiger partial charge < -0.3 is 33.8 Å². The molecule has 0 aliphatic rings. The van der Waals surface area contributed by atoms with Crippen LogP contribution in [-0.2, 0) is 65.4 Å². The van der Waals surface area contributed by atoms with E-state index in [2.05, 4.69) is 34.6 Å². The molecule has 0 rings (SSSR count). The lowest BCUT2D eigenvalue weighted by Gasteiger charge is -2.21. The van der Waals surface area contributed by atoms with Crippen LogP contribution in [0.2, 0.25) is 0 Å². The molecule has 0 fully saturated rings. The predicted molar refractivity (Wildman–Crippen MR) is 377 cm³/mol.